The van der Waals surface area contributed by atoms with Crippen molar-refractivity contribution < 1.29 is 29.1 Å². The number of fused-ring (bicyclic) bond motifs is 6. The second-order valence-electron chi connectivity index (χ2n) is 9.90. The summed E-state index contributed by atoms with van der Waals surface area (Å²) in [7, 11) is 0. The number of benzene rings is 8. The van der Waals surface area contributed by atoms with E-state index in [1.54, 1.807) is 24.3 Å². The van der Waals surface area contributed by atoms with Gasteiger partial charge in [0.05, 0.1) is 24.7 Å². The molecule has 0 fully saturated rings. The molecule has 1 heterocycles. The van der Waals surface area contributed by atoms with Gasteiger partial charge in [0.25, 0.3) is 0 Å². The van der Waals surface area contributed by atoms with E-state index in [0.717, 1.165) is 0 Å². The van der Waals surface area contributed by atoms with E-state index in [4.69, 9.17) is 26.3 Å². The van der Waals surface area contributed by atoms with Gasteiger partial charge in [-0.15, -0.1) is 0 Å². The van der Waals surface area contributed by atoms with Crippen LogP contribution in [0, 0.1) is 0 Å². The first-order valence-electron chi connectivity index (χ1n) is 22.3. The first-order valence-corrected chi connectivity index (χ1v) is 13.3. The van der Waals surface area contributed by atoms with E-state index in [2.05, 4.69) is 0 Å². The molecule has 8 aromatic carbocycles. The summed E-state index contributed by atoms with van der Waals surface area (Å²) < 4.78 is 162. The topological polar surface area (TPSA) is 13.1 Å². The summed E-state index contributed by atoms with van der Waals surface area (Å²) in [6, 6.07) is 3.29. The average molecular weight is 565 g/mol. The summed E-state index contributed by atoms with van der Waals surface area (Å²) in [6.45, 7) is 0. The maximum absolute atomic E-state index is 9.23. The van der Waals surface area contributed by atoms with Gasteiger partial charge >= 0.3 is 0 Å². The molecule has 200 valence electrons. The molecule has 1 heteroatoms. The van der Waals surface area contributed by atoms with Crippen LogP contribution < -0.4 is 0 Å². The van der Waals surface area contributed by atoms with Crippen LogP contribution in [-0.4, -0.2) is 0 Å². The van der Waals surface area contributed by atoms with Crippen LogP contribution in [-0.2, 0) is 0 Å². The van der Waals surface area contributed by atoms with Gasteiger partial charge in [-0.3, -0.25) is 0 Å². The first-order chi connectivity index (χ1) is 28.8. The predicted octanol–water partition coefficient (Wildman–Crippen LogP) is 12.0. The average Bonchev–Trinajstić information content (AvgIpc) is 3.64. The number of rotatable bonds is 3. The van der Waals surface area contributed by atoms with Crippen molar-refractivity contribution in [3.05, 3.63) is 157 Å². The smallest absolute Gasteiger partial charge is 0.136 e. The lowest BCUT2D eigenvalue weighted by Crippen LogP contribution is -1.92. The highest BCUT2D eigenvalue weighted by molar-refractivity contribution is 6.23. The van der Waals surface area contributed by atoms with Gasteiger partial charge in [-0.1, -0.05) is 133 Å². The van der Waals surface area contributed by atoms with Gasteiger partial charge < -0.3 is 4.42 Å². The number of para-hydroxylation sites is 1. The standard InChI is InChI=1S/C42H26O/c1-2-15-31-27(11-1)12-10-21-34(31)42-37-19-5-3-17-35(37)41(36-18-4-6-20-38(36)42)30-14-9-13-28(25-30)29-23-24-33-32-16-7-8-22-39(32)43-40(33)26-29/h1-26H/i1D,2D,3D,4D,5D,6D,7D,8D,10D,11D,12D,15D,16D,21D,22D,23D,24D,26D. The highest BCUT2D eigenvalue weighted by atomic mass is 16.3. The van der Waals surface area contributed by atoms with E-state index >= 15 is 0 Å². The summed E-state index contributed by atoms with van der Waals surface area (Å²) in [5.41, 5.74) is 0.303. The van der Waals surface area contributed by atoms with Crippen molar-refractivity contribution in [1.29, 1.82) is 0 Å². The Morgan fingerprint density at radius 3 is 1.84 bits per heavy atom. The molecule has 0 bridgehead atoms. The van der Waals surface area contributed by atoms with Crippen LogP contribution in [0.2, 0.25) is 0 Å². The van der Waals surface area contributed by atoms with Crippen LogP contribution in [0.15, 0.2) is 162 Å². The van der Waals surface area contributed by atoms with Crippen LogP contribution in [0.1, 0.15) is 24.7 Å². The fourth-order valence-electron chi connectivity index (χ4n) is 5.74. The highest BCUT2D eigenvalue weighted by Gasteiger charge is 2.18. The molecule has 0 amide bonds. The third-order valence-corrected chi connectivity index (χ3v) is 7.58. The van der Waals surface area contributed by atoms with Crippen molar-refractivity contribution in [2.24, 2.45) is 0 Å². The molecule has 1 nitrogen and oxygen atoms in total. The molecule has 9 rings (SSSR count). The molecule has 0 saturated heterocycles. The van der Waals surface area contributed by atoms with Crippen molar-refractivity contribution in [2.75, 3.05) is 0 Å². The Morgan fingerprint density at radius 1 is 0.419 bits per heavy atom. The Kier molecular flexibility index (Phi) is 2.70. The summed E-state index contributed by atoms with van der Waals surface area (Å²) in [6.07, 6.45) is 0. The summed E-state index contributed by atoms with van der Waals surface area (Å²) >= 11 is 0. The fraction of sp³-hybridized carbons (Fsp3) is 0. The van der Waals surface area contributed by atoms with E-state index in [1.165, 1.54) is 24.3 Å². The van der Waals surface area contributed by atoms with Gasteiger partial charge in [-0.25, -0.2) is 0 Å². The quantitative estimate of drug-likeness (QED) is 0.195. The van der Waals surface area contributed by atoms with Crippen molar-refractivity contribution in [3.8, 4) is 33.4 Å². The second kappa shape index (κ2) is 9.44. The molecule has 0 N–H and O–H groups in total. The van der Waals surface area contributed by atoms with Crippen LogP contribution in [0.5, 0.6) is 0 Å². The van der Waals surface area contributed by atoms with Gasteiger partial charge in [-0.05, 0) is 89.9 Å². The molecule has 0 aliphatic carbocycles. The minimum Gasteiger partial charge on any atom is -0.456 e. The Bertz CT molecular complexity index is 3440. The molecule has 0 unspecified atom stereocenters. The summed E-state index contributed by atoms with van der Waals surface area (Å²) in [4.78, 5) is 0. The monoisotopic (exact) mass is 564 g/mol. The zero-order valence-corrected chi connectivity index (χ0v) is 22.0. The number of hydrogen-bond donors (Lipinski definition) is 0. The Morgan fingerprint density at radius 2 is 1.05 bits per heavy atom. The highest BCUT2D eigenvalue weighted by Crippen LogP contribution is 2.45. The maximum Gasteiger partial charge on any atom is 0.136 e. The van der Waals surface area contributed by atoms with E-state index < -0.39 is 78.6 Å². The molecule has 0 spiro atoms. The third-order valence-electron chi connectivity index (χ3n) is 7.58. The summed E-state index contributed by atoms with van der Waals surface area (Å²) in [5, 5.41) is 0.119. The SMILES string of the molecule is [2H]c1cc2c(-c3cccc(-c4c([2H])c([2H])c5c(oc6c([2H])c([2H])c([2H])c([2H])c65)c4[2H])c3)c3cc([2H])c([2H])cc3c(-c3c([2H])c([2H])c([2H])c4c([2H])c([2H])c([2H])c([2H])c34)c2cc1[2H]. The Balaban J connectivity index is 1.42. The van der Waals surface area contributed by atoms with Crippen LogP contribution in [0.4, 0.5) is 0 Å². The molecule has 0 aliphatic rings. The van der Waals surface area contributed by atoms with Gasteiger partial charge in [0.15, 0.2) is 0 Å². The normalized spacial score (nSPS) is 17.6. The largest absolute Gasteiger partial charge is 0.456 e. The molecule has 1 aromatic heterocycles. The summed E-state index contributed by atoms with van der Waals surface area (Å²) in [5.74, 6) is 0. The molecular weight excluding hydrogens is 520 g/mol. The molecule has 0 saturated carbocycles. The fourth-order valence-corrected chi connectivity index (χ4v) is 5.74. The Hall–Kier alpha value is -5.66. The third kappa shape index (κ3) is 3.72. The van der Waals surface area contributed by atoms with Crippen molar-refractivity contribution >= 4 is 54.3 Å². The first kappa shape index (κ1) is 12.3. The van der Waals surface area contributed by atoms with E-state index in [9.17, 15) is 2.74 Å². The second-order valence-corrected chi connectivity index (χ2v) is 9.90. The van der Waals surface area contributed by atoms with Crippen molar-refractivity contribution in [3.63, 3.8) is 0 Å². The minimum absolute atomic E-state index is 0.0685. The lowest BCUT2D eigenvalue weighted by molar-refractivity contribution is 0.669. The van der Waals surface area contributed by atoms with Gasteiger partial charge in [0, 0.05) is 10.8 Å². The van der Waals surface area contributed by atoms with Crippen LogP contribution >= 0.6 is 0 Å². The minimum atomic E-state index is -0.650. The predicted molar refractivity (Wildman–Crippen MR) is 183 cm³/mol. The zero-order valence-electron chi connectivity index (χ0n) is 40.0. The van der Waals surface area contributed by atoms with E-state index in [-0.39, 0.29) is 107 Å². The van der Waals surface area contributed by atoms with Crippen LogP contribution in [0.3, 0.4) is 0 Å². The van der Waals surface area contributed by atoms with Crippen molar-refractivity contribution in [2.45, 2.75) is 0 Å². The molecule has 0 atom stereocenters. The van der Waals surface area contributed by atoms with Gasteiger partial charge in [0.2, 0.25) is 0 Å². The van der Waals surface area contributed by atoms with E-state index in [0.29, 0.717) is 11.1 Å². The number of hydrogen-bond acceptors (Lipinski definition) is 1. The van der Waals surface area contributed by atoms with Gasteiger partial charge in [0.1, 0.15) is 11.2 Å². The van der Waals surface area contributed by atoms with E-state index in [1.807, 2.05) is 0 Å². The lowest BCUT2D eigenvalue weighted by atomic mass is 9.84. The number of furan rings is 1. The van der Waals surface area contributed by atoms with Gasteiger partial charge in [-0.2, -0.15) is 0 Å². The Labute approximate surface area is 274 Å². The molecule has 9 aromatic rings. The lowest BCUT2D eigenvalue weighted by Gasteiger charge is -2.19. The maximum atomic E-state index is 9.23. The zero-order chi connectivity index (χ0) is 44.0. The molecular formula is C42H26O. The molecule has 43 heavy (non-hydrogen) atoms. The van der Waals surface area contributed by atoms with Crippen molar-refractivity contribution in [1.82, 2.24) is 0 Å². The molecule has 0 aliphatic heterocycles. The van der Waals surface area contributed by atoms with Crippen LogP contribution in [0.25, 0.3) is 87.6 Å². The molecule has 0 radical (unpaired) electrons.